The van der Waals surface area contributed by atoms with Crippen molar-refractivity contribution in [2.75, 3.05) is 14.2 Å². The molecule has 1 aliphatic carbocycles. The Hall–Kier alpha value is -2.30. The molecule has 0 atom stereocenters. The number of amides is 1. The molecule has 1 aliphatic rings. The van der Waals surface area contributed by atoms with Gasteiger partial charge in [0.05, 0.1) is 19.2 Å². The van der Waals surface area contributed by atoms with Crippen LogP contribution in [0.15, 0.2) is 29.1 Å². The standard InChI is InChI=1S/C19H24N2O3/c1-21(19(23)13-6-4-3-5-7-13)12-15-10-14-8-9-16(24-2)11-17(14)20-18(15)22/h8-11,13H,3-7,12H2,1-2H3,(H,20,22). The van der Waals surface area contributed by atoms with Crippen molar-refractivity contribution in [3.63, 3.8) is 0 Å². The number of methoxy groups -OCH3 is 1. The molecule has 0 radical (unpaired) electrons. The average Bonchev–Trinajstić information content (AvgIpc) is 2.62. The number of benzene rings is 1. The van der Waals surface area contributed by atoms with Crippen LogP contribution in [0.1, 0.15) is 37.7 Å². The fourth-order valence-electron chi connectivity index (χ4n) is 3.46. The molecule has 0 aliphatic heterocycles. The van der Waals surface area contributed by atoms with Crippen molar-refractivity contribution in [2.45, 2.75) is 38.6 Å². The second-order valence-corrected chi connectivity index (χ2v) is 6.61. The predicted octanol–water partition coefficient (Wildman–Crippen LogP) is 3.08. The molecule has 1 fully saturated rings. The lowest BCUT2D eigenvalue weighted by Gasteiger charge is -2.26. The van der Waals surface area contributed by atoms with E-state index in [9.17, 15) is 9.59 Å². The van der Waals surface area contributed by atoms with E-state index in [2.05, 4.69) is 4.98 Å². The number of fused-ring (bicyclic) bond motifs is 1. The van der Waals surface area contributed by atoms with E-state index < -0.39 is 0 Å². The van der Waals surface area contributed by atoms with E-state index in [1.807, 2.05) is 18.2 Å². The number of rotatable bonds is 4. The average molecular weight is 328 g/mol. The second-order valence-electron chi connectivity index (χ2n) is 6.61. The first-order valence-electron chi connectivity index (χ1n) is 8.53. The Labute approximate surface area is 141 Å². The van der Waals surface area contributed by atoms with Crippen LogP contribution in [0.4, 0.5) is 0 Å². The van der Waals surface area contributed by atoms with Crippen molar-refractivity contribution in [1.29, 1.82) is 0 Å². The molecule has 1 amide bonds. The van der Waals surface area contributed by atoms with Crippen LogP contribution in [-0.2, 0) is 11.3 Å². The summed E-state index contributed by atoms with van der Waals surface area (Å²) in [5.41, 5.74) is 1.20. The van der Waals surface area contributed by atoms with Crippen LogP contribution < -0.4 is 10.3 Å². The zero-order valence-electron chi connectivity index (χ0n) is 14.3. The van der Waals surface area contributed by atoms with Gasteiger partial charge in [-0.2, -0.15) is 0 Å². The molecule has 0 unspecified atom stereocenters. The van der Waals surface area contributed by atoms with E-state index in [0.29, 0.717) is 17.9 Å². The molecule has 0 spiro atoms. The SMILES string of the molecule is COc1ccc2cc(CN(C)C(=O)C3CCCCC3)c(=O)[nH]c2c1. The van der Waals surface area contributed by atoms with Gasteiger partial charge in [-0.25, -0.2) is 0 Å². The Balaban J connectivity index is 1.80. The van der Waals surface area contributed by atoms with Crippen LogP contribution in [0.3, 0.4) is 0 Å². The van der Waals surface area contributed by atoms with Gasteiger partial charge in [-0.1, -0.05) is 19.3 Å². The first-order chi connectivity index (χ1) is 11.6. The van der Waals surface area contributed by atoms with E-state index in [-0.39, 0.29) is 17.4 Å². The summed E-state index contributed by atoms with van der Waals surface area (Å²) in [6.07, 6.45) is 5.42. The Morgan fingerprint density at radius 1 is 1.25 bits per heavy atom. The minimum Gasteiger partial charge on any atom is -0.497 e. The number of aromatic nitrogens is 1. The molecule has 1 aromatic carbocycles. The molecule has 5 heteroatoms. The van der Waals surface area contributed by atoms with E-state index in [0.717, 1.165) is 36.6 Å². The Bertz CT molecular complexity index is 791. The first-order valence-corrected chi connectivity index (χ1v) is 8.53. The Kier molecular flexibility index (Phi) is 4.88. The van der Waals surface area contributed by atoms with Crippen molar-refractivity contribution in [3.8, 4) is 5.75 Å². The van der Waals surface area contributed by atoms with Crippen LogP contribution in [0.25, 0.3) is 10.9 Å². The molecule has 128 valence electrons. The number of hydrogen-bond acceptors (Lipinski definition) is 3. The molecule has 5 nitrogen and oxygen atoms in total. The fourth-order valence-corrected chi connectivity index (χ4v) is 3.46. The molecule has 1 aromatic heterocycles. The topological polar surface area (TPSA) is 62.4 Å². The largest absolute Gasteiger partial charge is 0.497 e. The summed E-state index contributed by atoms with van der Waals surface area (Å²) in [6, 6.07) is 7.44. The summed E-state index contributed by atoms with van der Waals surface area (Å²) >= 11 is 0. The number of hydrogen-bond donors (Lipinski definition) is 1. The third-order valence-electron chi connectivity index (χ3n) is 4.87. The summed E-state index contributed by atoms with van der Waals surface area (Å²) < 4.78 is 5.18. The lowest BCUT2D eigenvalue weighted by molar-refractivity contribution is -0.135. The highest BCUT2D eigenvalue weighted by Crippen LogP contribution is 2.25. The molecule has 1 heterocycles. The zero-order valence-corrected chi connectivity index (χ0v) is 14.3. The lowest BCUT2D eigenvalue weighted by Crippen LogP contribution is -2.35. The molecule has 0 bridgehead atoms. The quantitative estimate of drug-likeness (QED) is 0.938. The van der Waals surface area contributed by atoms with Crippen molar-refractivity contribution in [1.82, 2.24) is 9.88 Å². The highest BCUT2D eigenvalue weighted by molar-refractivity contribution is 5.81. The number of nitrogens with one attached hydrogen (secondary N) is 1. The van der Waals surface area contributed by atoms with Crippen LogP contribution in [-0.4, -0.2) is 29.9 Å². The molecule has 0 saturated heterocycles. The van der Waals surface area contributed by atoms with Crippen LogP contribution >= 0.6 is 0 Å². The van der Waals surface area contributed by atoms with Crippen molar-refractivity contribution in [3.05, 3.63) is 40.2 Å². The second kappa shape index (κ2) is 7.07. The molecule has 3 rings (SSSR count). The van der Waals surface area contributed by atoms with E-state index in [1.54, 1.807) is 25.1 Å². The van der Waals surface area contributed by atoms with Gasteiger partial charge >= 0.3 is 0 Å². The summed E-state index contributed by atoms with van der Waals surface area (Å²) in [4.78, 5) is 29.5. The van der Waals surface area contributed by atoms with Gasteiger partial charge < -0.3 is 14.6 Å². The van der Waals surface area contributed by atoms with Crippen molar-refractivity contribution >= 4 is 16.8 Å². The minimum absolute atomic E-state index is 0.118. The van der Waals surface area contributed by atoms with Gasteiger partial charge in [0.25, 0.3) is 5.56 Å². The number of pyridine rings is 1. The number of ether oxygens (including phenoxy) is 1. The Morgan fingerprint density at radius 2 is 2.00 bits per heavy atom. The third-order valence-corrected chi connectivity index (χ3v) is 4.87. The monoisotopic (exact) mass is 328 g/mol. The maximum Gasteiger partial charge on any atom is 0.253 e. The normalized spacial score (nSPS) is 15.4. The fraction of sp³-hybridized carbons (Fsp3) is 0.474. The summed E-state index contributed by atoms with van der Waals surface area (Å²) in [5.74, 6) is 0.979. The molecule has 1 N–H and O–H groups in total. The summed E-state index contributed by atoms with van der Waals surface area (Å²) in [5, 5.41) is 0.934. The first kappa shape index (κ1) is 16.6. The van der Waals surface area contributed by atoms with Gasteiger partial charge in [-0.05, 0) is 36.4 Å². The lowest BCUT2D eigenvalue weighted by atomic mass is 9.88. The maximum atomic E-state index is 12.6. The van der Waals surface area contributed by atoms with Gasteiger partial charge in [0, 0.05) is 24.6 Å². The molecule has 2 aromatic rings. The molecular weight excluding hydrogens is 304 g/mol. The molecule has 24 heavy (non-hydrogen) atoms. The number of nitrogens with zero attached hydrogens (tertiary/aromatic N) is 1. The van der Waals surface area contributed by atoms with Gasteiger partial charge in [0.2, 0.25) is 5.91 Å². The summed E-state index contributed by atoms with van der Waals surface area (Å²) in [7, 11) is 3.38. The smallest absolute Gasteiger partial charge is 0.253 e. The van der Waals surface area contributed by atoms with Gasteiger partial charge in [-0.3, -0.25) is 9.59 Å². The Morgan fingerprint density at radius 3 is 2.71 bits per heavy atom. The van der Waals surface area contributed by atoms with E-state index in [1.165, 1.54) is 6.42 Å². The summed E-state index contributed by atoms with van der Waals surface area (Å²) in [6.45, 7) is 0.340. The van der Waals surface area contributed by atoms with Crippen molar-refractivity contribution < 1.29 is 9.53 Å². The van der Waals surface area contributed by atoms with E-state index >= 15 is 0 Å². The highest BCUT2D eigenvalue weighted by atomic mass is 16.5. The van der Waals surface area contributed by atoms with Crippen LogP contribution in [0, 0.1) is 5.92 Å². The minimum atomic E-state index is -0.154. The molecular formula is C19H24N2O3. The number of carbonyl (C=O) groups is 1. The number of carbonyl (C=O) groups excluding carboxylic acids is 1. The molecule has 1 saturated carbocycles. The predicted molar refractivity (Wildman–Crippen MR) is 94.2 cm³/mol. The van der Waals surface area contributed by atoms with Gasteiger partial charge in [0.1, 0.15) is 5.75 Å². The zero-order chi connectivity index (χ0) is 17.1. The third kappa shape index (κ3) is 3.45. The van der Waals surface area contributed by atoms with Crippen LogP contribution in [0.2, 0.25) is 0 Å². The number of H-pyrrole nitrogens is 1. The number of aromatic amines is 1. The van der Waals surface area contributed by atoms with E-state index in [4.69, 9.17) is 4.74 Å². The van der Waals surface area contributed by atoms with Crippen molar-refractivity contribution in [2.24, 2.45) is 5.92 Å². The van der Waals surface area contributed by atoms with Crippen LogP contribution in [0.5, 0.6) is 5.75 Å². The maximum absolute atomic E-state index is 12.6. The van der Waals surface area contributed by atoms with Gasteiger partial charge in [0.15, 0.2) is 0 Å². The van der Waals surface area contributed by atoms with Gasteiger partial charge in [-0.15, -0.1) is 0 Å². The highest BCUT2D eigenvalue weighted by Gasteiger charge is 2.24.